The molecule has 0 saturated heterocycles. The summed E-state index contributed by atoms with van der Waals surface area (Å²) in [6.07, 6.45) is 5.82. The summed E-state index contributed by atoms with van der Waals surface area (Å²) in [4.78, 5) is 0. The zero-order valence-electron chi connectivity index (χ0n) is 18.9. The van der Waals surface area contributed by atoms with Crippen LogP contribution in [0.1, 0.15) is 56.1 Å². The maximum absolute atomic E-state index is 11.4. The van der Waals surface area contributed by atoms with Crippen molar-refractivity contribution in [3.8, 4) is 11.5 Å². The van der Waals surface area contributed by atoms with Crippen molar-refractivity contribution in [2.75, 3.05) is 20.3 Å². The minimum atomic E-state index is -4.15. The maximum Gasteiger partial charge on any atom is 0.380 e. The third kappa shape index (κ3) is 5.15. The topological polar surface area (TPSA) is 157 Å². The fraction of sp³-hybridized carbons (Fsp3) is 0.714. The van der Waals surface area contributed by atoms with Crippen LogP contribution in [0.5, 0.6) is 11.5 Å². The van der Waals surface area contributed by atoms with E-state index in [9.17, 15) is 16.8 Å². The Balaban J connectivity index is 1.51. The minimum absolute atomic E-state index is 0.0149. The van der Waals surface area contributed by atoms with Crippen molar-refractivity contribution in [1.82, 2.24) is 0 Å². The van der Waals surface area contributed by atoms with Crippen LogP contribution in [0.3, 0.4) is 0 Å². The van der Waals surface area contributed by atoms with Gasteiger partial charge in [0.25, 0.3) is 0 Å². The Kier molecular flexibility index (Phi) is 6.71. The second-order valence-electron chi connectivity index (χ2n) is 9.49. The molecule has 0 aliphatic heterocycles. The lowest BCUT2D eigenvalue weighted by Crippen LogP contribution is -2.45. The van der Waals surface area contributed by atoms with Crippen LogP contribution < -0.4 is 19.2 Å². The molecule has 2 saturated carbocycles. The predicted molar refractivity (Wildman–Crippen MR) is 120 cm³/mol. The van der Waals surface area contributed by atoms with E-state index in [1.165, 1.54) is 12.7 Å². The molecule has 1 aromatic rings. The lowest BCUT2D eigenvalue weighted by atomic mass is 9.55. The molecule has 2 fully saturated rings. The number of ether oxygens (including phenoxy) is 2. The molecule has 0 bridgehead atoms. The van der Waals surface area contributed by atoms with E-state index in [0.717, 1.165) is 44.1 Å². The van der Waals surface area contributed by atoms with Gasteiger partial charge >= 0.3 is 20.6 Å². The summed E-state index contributed by atoms with van der Waals surface area (Å²) >= 11 is 0. The highest BCUT2D eigenvalue weighted by Crippen LogP contribution is 2.62. The van der Waals surface area contributed by atoms with Crippen molar-refractivity contribution in [1.29, 1.82) is 0 Å². The standard InChI is InChI=1S/C21H32N2O8S2/c1-21-8-7-14-15(17(21)5-6-20(21)29-9-10-30-32(22,24)25)4-3-13-11-19(31-33(23,26)27)18(28-2)12-16(13)14/h11-12,14-15,17,20H,3-10H2,1-2H3,(H2,22,24,25)(H2,23,26,27). The van der Waals surface area contributed by atoms with Gasteiger partial charge in [0, 0.05) is 0 Å². The Labute approximate surface area is 195 Å². The monoisotopic (exact) mass is 504 g/mol. The van der Waals surface area contributed by atoms with Crippen molar-refractivity contribution >= 4 is 20.6 Å². The number of aryl methyl sites for hydroxylation is 1. The van der Waals surface area contributed by atoms with Gasteiger partial charge in [-0.25, -0.2) is 5.14 Å². The molecular weight excluding hydrogens is 472 g/mol. The molecule has 0 spiro atoms. The number of hydrogen-bond donors (Lipinski definition) is 2. The number of fused-ring (bicyclic) bond motifs is 5. The molecule has 1 aromatic carbocycles. The van der Waals surface area contributed by atoms with Crippen molar-refractivity contribution in [2.45, 2.75) is 57.5 Å². The molecule has 5 atom stereocenters. The Bertz CT molecular complexity index is 1110. The molecule has 3 aliphatic carbocycles. The van der Waals surface area contributed by atoms with Gasteiger partial charge in [-0.15, -0.1) is 0 Å². The minimum Gasteiger partial charge on any atom is -0.493 e. The lowest BCUT2D eigenvalue weighted by molar-refractivity contribution is -0.0690. The normalized spacial score (nSPS) is 31.4. The van der Waals surface area contributed by atoms with Crippen LogP contribution >= 0.6 is 0 Å². The highest BCUT2D eigenvalue weighted by molar-refractivity contribution is 7.84. The lowest BCUT2D eigenvalue weighted by Gasteiger charge is -2.50. The van der Waals surface area contributed by atoms with Gasteiger partial charge in [0.1, 0.15) is 0 Å². The Hall–Kier alpha value is -1.44. The molecule has 4 N–H and O–H groups in total. The van der Waals surface area contributed by atoms with E-state index in [2.05, 4.69) is 11.1 Å². The maximum atomic E-state index is 11.4. The van der Waals surface area contributed by atoms with E-state index in [4.69, 9.17) is 23.9 Å². The first-order valence-corrected chi connectivity index (χ1v) is 14.1. The Morgan fingerprint density at radius 1 is 1.00 bits per heavy atom. The highest BCUT2D eigenvalue weighted by Gasteiger charge is 2.55. The molecule has 10 nitrogen and oxygen atoms in total. The van der Waals surface area contributed by atoms with Crippen LogP contribution in [0.2, 0.25) is 0 Å². The van der Waals surface area contributed by atoms with E-state index >= 15 is 0 Å². The van der Waals surface area contributed by atoms with E-state index in [1.54, 1.807) is 6.07 Å². The van der Waals surface area contributed by atoms with Gasteiger partial charge in [0.15, 0.2) is 11.5 Å². The zero-order chi connectivity index (χ0) is 24.0. The first-order chi connectivity index (χ1) is 15.4. The highest BCUT2D eigenvalue weighted by atomic mass is 32.2. The number of methoxy groups -OCH3 is 1. The SMILES string of the molecule is COc1cc2c(cc1OS(N)(=O)=O)CCC1C2CCC2(C)C(OCCOS(N)(=O)=O)CCC12. The van der Waals surface area contributed by atoms with Gasteiger partial charge in [-0.2, -0.15) is 22.0 Å². The largest absolute Gasteiger partial charge is 0.493 e. The average Bonchev–Trinajstić information content (AvgIpc) is 3.05. The summed E-state index contributed by atoms with van der Waals surface area (Å²) in [5.41, 5.74) is 2.28. The zero-order valence-corrected chi connectivity index (χ0v) is 20.5. The second kappa shape index (κ2) is 8.97. The second-order valence-corrected chi connectivity index (χ2v) is 11.9. The average molecular weight is 505 g/mol. The Morgan fingerprint density at radius 3 is 2.42 bits per heavy atom. The number of hydrogen-bond acceptors (Lipinski definition) is 8. The molecule has 186 valence electrons. The van der Waals surface area contributed by atoms with Gasteiger partial charge in [-0.1, -0.05) is 6.92 Å². The van der Waals surface area contributed by atoms with Crippen LogP contribution in [-0.2, 0) is 35.9 Å². The first kappa shape index (κ1) is 24.7. The quantitative estimate of drug-likeness (QED) is 0.507. The van der Waals surface area contributed by atoms with E-state index in [0.29, 0.717) is 23.5 Å². The van der Waals surface area contributed by atoms with Crippen molar-refractivity contribution in [3.05, 3.63) is 23.3 Å². The summed E-state index contributed by atoms with van der Waals surface area (Å²) in [6.45, 7) is 2.38. The van der Waals surface area contributed by atoms with Gasteiger partial charge in [0.05, 0.1) is 26.4 Å². The number of rotatable bonds is 8. The molecule has 0 amide bonds. The predicted octanol–water partition coefficient (Wildman–Crippen LogP) is 1.74. The molecule has 0 aromatic heterocycles. The summed E-state index contributed by atoms with van der Waals surface area (Å²) in [6, 6.07) is 3.65. The van der Waals surface area contributed by atoms with Crippen LogP contribution in [0, 0.1) is 17.3 Å². The third-order valence-corrected chi connectivity index (χ3v) is 8.69. The summed E-state index contributed by atoms with van der Waals surface area (Å²) in [7, 11) is -6.63. The molecule has 33 heavy (non-hydrogen) atoms. The van der Waals surface area contributed by atoms with Crippen LogP contribution in [-0.4, -0.2) is 43.3 Å². The Morgan fingerprint density at radius 2 is 1.76 bits per heavy atom. The number of benzene rings is 1. The fourth-order valence-corrected chi connectivity index (χ4v) is 7.17. The van der Waals surface area contributed by atoms with Crippen molar-refractivity contribution in [3.63, 3.8) is 0 Å². The van der Waals surface area contributed by atoms with Crippen molar-refractivity contribution in [2.24, 2.45) is 27.5 Å². The van der Waals surface area contributed by atoms with E-state index in [-0.39, 0.29) is 30.5 Å². The van der Waals surface area contributed by atoms with Gasteiger partial charge in [0.2, 0.25) is 0 Å². The molecule has 4 rings (SSSR count). The summed E-state index contributed by atoms with van der Waals surface area (Å²) in [5.74, 6) is 1.81. The molecule has 0 heterocycles. The van der Waals surface area contributed by atoms with E-state index < -0.39 is 20.6 Å². The summed E-state index contributed by atoms with van der Waals surface area (Å²) in [5, 5.41) is 9.94. The molecule has 5 unspecified atom stereocenters. The van der Waals surface area contributed by atoms with Crippen LogP contribution in [0.25, 0.3) is 0 Å². The molecular formula is C21H32N2O8S2. The van der Waals surface area contributed by atoms with Crippen molar-refractivity contribution < 1.29 is 34.7 Å². The van der Waals surface area contributed by atoms with Gasteiger partial charge < -0.3 is 13.7 Å². The van der Waals surface area contributed by atoms with Crippen LogP contribution in [0.4, 0.5) is 0 Å². The third-order valence-electron chi connectivity index (χ3n) is 7.78. The van der Waals surface area contributed by atoms with Crippen LogP contribution in [0.15, 0.2) is 12.1 Å². The smallest absolute Gasteiger partial charge is 0.380 e. The first-order valence-electron chi connectivity index (χ1n) is 11.1. The molecule has 0 radical (unpaired) electrons. The fourth-order valence-electron chi connectivity index (χ4n) is 6.49. The number of nitrogens with two attached hydrogens (primary N) is 2. The molecule has 12 heteroatoms. The molecule has 3 aliphatic rings. The van der Waals surface area contributed by atoms with E-state index in [1.807, 2.05) is 6.07 Å². The van der Waals surface area contributed by atoms with Gasteiger partial charge in [-0.05, 0) is 85.0 Å². The summed E-state index contributed by atoms with van der Waals surface area (Å²) < 4.78 is 65.8. The van der Waals surface area contributed by atoms with Gasteiger partial charge in [-0.3, -0.25) is 4.18 Å².